The average molecular weight is 342 g/mol. The molecular formula is C16H24BrNO2. The van der Waals surface area contributed by atoms with Gasteiger partial charge in [-0.25, -0.2) is 0 Å². The van der Waals surface area contributed by atoms with Crippen LogP contribution in [-0.2, 0) is 6.42 Å². The van der Waals surface area contributed by atoms with Crippen molar-refractivity contribution in [1.82, 2.24) is 0 Å². The lowest BCUT2D eigenvalue weighted by atomic mass is 10.0. The van der Waals surface area contributed by atoms with Gasteiger partial charge < -0.3 is 15.2 Å². The third kappa shape index (κ3) is 5.17. The lowest BCUT2D eigenvalue weighted by Crippen LogP contribution is -2.21. The first-order valence-electron chi connectivity index (χ1n) is 7.06. The van der Waals surface area contributed by atoms with Crippen molar-refractivity contribution in [2.24, 2.45) is 5.73 Å². The maximum Gasteiger partial charge on any atom is 0.175 e. The van der Waals surface area contributed by atoms with Gasteiger partial charge >= 0.3 is 0 Å². The molecule has 1 aromatic carbocycles. The van der Waals surface area contributed by atoms with Crippen LogP contribution in [0.4, 0.5) is 0 Å². The van der Waals surface area contributed by atoms with Gasteiger partial charge in [0.1, 0.15) is 0 Å². The Morgan fingerprint density at radius 1 is 1.35 bits per heavy atom. The van der Waals surface area contributed by atoms with Crippen molar-refractivity contribution < 1.29 is 9.47 Å². The van der Waals surface area contributed by atoms with E-state index in [1.807, 2.05) is 19.1 Å². The van der Waals surface area contributed by atoms with E-state index in [4.69, 9.17) is 15.2 Å². The summed E-state index contributed by atoms with van der Waals surface area (Å²) in [5.41, 5.74) is 7.18. The first-order valence-corrected chi connectivity index (χ1v) is 7.86. The van der Waals surface area contributed by atoms with Crippen LogP contribution in [0.15, 0.2) is 29.3 Å². The molecule has 112 valence electrons. The first kappa shape index (κ1) is 17.1. The number of nitrogens with two attached hydrogens (primary N) is 1. The first-order chi connectivity index (χ1) is 9.62. The highest BCUT2D eigenvalue weighted by molar-refractivity contribution is 9.10. The third-order valence-electron chi connectivity index (χ3n) is 2.96. The van der Waals surface area contributed by atoms with Gasteiger partial charge in [-0.2, -0.15) is 0 Å². The van der Waals surface area contributed by atoms with Crippen molar-refractivity contribution in [3.05, 3.63) is 34.8 Å². The zero-order valence-electron chi connectivity index (χ0n) is 12.3. The summed E-state index contributed by atoms with van der Waals surface area (Å²) in [5.74, 6) is 1.52. The van der Waals surface area contributed by atoms with Crippen LogP contribution in [0.5, 0.6) is 11.5 Å². The number of rotatable bonds is 9. The number of hydrogen-bond donors (Lipinski definition) is 1. The number of halogens is 1. The summed E-state index contributed by atoms with van der Waals surface area (Å²) in [5, 5.41) is 0. The summed E-state index contributed by atoms with van der Waals surface area (Å²) in [6, 6.07) is 4.25. The quantitative estimate of drug-likeness (QED) is 0.543. The summed E-state index contributed by atoms with van der Waals surface area (Å²) in [6.07, 6.45) is 4.44. The fourth-order valence-electron chi connectivity index (χ4n) is 1.83. The molecule has 3 nitrogen and oxygen atoms in total. The topological polar surface area (TPSA) is 44.5 Å². The second-order valence-electron chi connectivity index (χ2n) is 4.64. The fourth-order valence-corrected chi connectivity index (χ4v) is 2.44. The zero-order chi connectivity index (χ0) is 15.0. The van der Waals surface area contributed by atoms with Gasteiger partial charge in [-0.3, -0.25) is 0 Å². The molecule has 0 saturated heterocycles. The molecule has 0 heterocycles. The summed E-state index contributed by atoms with van der Waals surface area (Å²) < 4.78 is 12.4. The predicted molar refractivity (Wildman–Crippen MR) is 87.6 cm³/mol. The van der Waals surface area contributed by atoms with Gasteiger partial charge in [-0.1, -0.05) is 13.0 Å². The maximum absolute atomic E-state index is 6.02. The van der Waals surface area contributed by atoms with E-state index >= 15 is 0 Å². The zero-order valence-corrected chi connectivity index (χ0v) is 13.9. The van der Waals surface area contributed by atoms with Gasteiger partial charge in [0.25, 0.3) is 0 Å². The highest BCUT2D eigenvalue weighted by atomic mass is 79.9. The summed E-state index contributed by atoms with van der Waals surface area (Å²) in [4.78, 5) is 0. The Kier molecular flexibility index (Phi) is 7.70. The molecule has 0 aliphatic rings. The molecule has 0 aliphatic carbocycles. The molecule has 0 fully saturated rings. The SMILES string of the molecule is C=CCCOc1c(Br)cc(CC(N)CC)cc1OCC. The van der Waals surface area contributed by atoms with E-state index in [0.29, 0.717) is 13.2 Å². The second kappa shape index (κ2) is 9.03. The van der Waals surface area contributed by atoms with E-state index in [1.54, 1.807) is 0 Å². The van der Waals surface area contributed by atoms with Gasteiger partial charge in [0, 0.05) is 6.04 Å². The van der Waals surface area contributed by atoms with E-state index in [0.717, 1.165) is 40.8 Å². The minimum atomic E-state index is 0.170. The van der Waals surface area contributed by atoms with Crippen LogP contribution in [0.1, 0.15) is 32.3 Å². The average Bonchev–Trinajstić information content (AvgIpc) is 2.42. The van der Waals surface area contributed by atoms with Crippen LogP contribution in [-0.4, -0.2) is 19.3 Å². The van der Waals surface area contributed by atoms with Crippen LogP contribution < -0.4 is 15.2 Å². The van der Waals surface area contributed by atoms with Gasteiger partial charge in [-0.15, -0.1) is 6.58 Å². The van der Waals surface area contributed by atoms with E-state index in [1.165, 1.54) is 0 Å². The molecule has 1 aromatic rings. The molecule has 1 atom stereocenters. The largest absolute Gasteiger partial charge is 0.490 e. The van der Waals surface area contributed by atoms with Crippen molar-refractivity contribution in [2.75, 3.05) is 13.2 Å². The molecule has 1 unspecified atom stereocenters. The molecule has 0 amide bonds. The predicted octanol–water partition coefficient (Wildman–Crippen LogP) is 4.08. The van der Waals surface area contributed by atoms with Gasteiger partial charge in [0.05, 0.1) is 17.7 Å². The highest BCUT2D eigenvalue weighted by Gasteiger charge is 2.13. The molecule has 20 heavy (non-hydrogen) atoms. The van der Waals surface area contributed by atoms with Crippen molar-refractivity contribution in [3.63, 3.8) is 0 Å². The van der Waals surface area contributed by atoms with E-state index in [-0.39, 0.29) is 6.04 Å². The smallest absolute Gasteiger partial charge is 0.175 e. The van der Waals surface area contributed by atoms with E-state index < -0.39 is 0 Å². The van der Waals surface area contributed by atoms with Crippen molar-refractivity contribution in [2.45, 2.75) is 39.2 Å². The van der Waals surface area contributed by atoms with Gasteiger partial charge in [-0.05, 0) is 59.8 Å². The standard InChI is InChI=1S/C16H24BrNO2/c1-4-7-8-20-16-14(17)10-12(9-13(18)5-2)11-15(16)19-6-3/h4,10-11,13H,1,5-9,18H2,2-3H3. The Morgan fingerprint density at radius 2 is 2.10 bits per heavy atom. The molecule has 0 aliphatic heterocycles. The Balaban J connectivity index is 2.95. The second-order valence-corrected chi connectivity index (χ2v) is 5.49. The lowest BCUT2D eigenvalue weighted by Gasteiger charge is -2.16. The minimum absolute atomic E-state index is 0.170. The van der Waals surface area contributed by atoms with E-state index in [2.05, 4.69) is 35.5 Å². The Labute approximate surface area is 130 Å². The third-order valence-corrected chi connectivity index (χ3v) is 3.55. The lowest BCUT2D eigenvalue weighted by molar-refractivity contribution is 0.279. The summed E-state index contributed by atoms with van der Waals surface area (Å²) in [6.45, 7) is 8.95. The summed E-state index contributed by atoms with van der Waals surface area (Å²) >= 11 is 3.56. The number of benzene rings is 1. The molecule has 0 radical (unpaired) electrons. The van der Waals surface area contributed by atoms with Crippen LogP contribution in [0.25, 0.3) is 0 Å². The van der Waals surface area contributed by atoms with Gasteiger partial charge in [0.2, 0.25) is 0 Å². The van der Waals surface area contributed by atoms with Crippen LogP contribution in [0.2, 0.25) is 0 Å². The number of hydrogen-bond acceptors (Lipinski definition) is 3. The van der Waals surface area contributed by atoms with Crippen molar-refractivity contribution >= 4 is 15.9 Å². The molecular weight excluding hydrogens is 318 g/mol. The van der Waals surface area contributed by atoms with Crippen LogP contribution >= 0.6 is 15.9 Å². The monoisotopic (exact) mass is 341 g/mol. The molecule has 0 spiro atoms. The van der Waals surface area contributed by atoms with E-state index in [9.17, 15) is 0 Å². The summed E-state index contributed by atoms with van der Waals surface area (Å²) in [7, 11) is 0. The van der Waals surface area contributed by atoms with Gasteiger partial charge in [0.15, 0.2) is 11.5 Å². The molecule has 4 heteroatoms. The molecule has 0 saturated carbocycles. The normalized spacial score (nSPS) is 12.0. The molecule has 1 rings (SSSR count). The number of ether oxygens (including phenoxy) is 2. The van der Waals surface area contributed by atoms with Crippen molar-refractivity contribution in [3.8, 4) is 11.5 Å². The Hall–Kier alpha value is -1.00. The fraction of sp³-hybridized carbons (Fsp3) is 0.500. The van der Waals surface area contributed by atoms with Crippen LogP contribution in [0, 0.1) is 0 Å². The highest BCUT2D eigenvalue weighted by Crippen LogP contribution is 2.37. The minimum Gasteiger partial charge on any atom is -0.490 e. The maximum atomic E-state index is 6.02. The molecule has 2 N–H and O–H groups in total. The Bertz CT molecular complexity index is 435. The van der Waals surface area contributed by atoms with Crippen molar-refractivity contribution in [1.29, 1.82) is 0 Å². The molecule has 0 aromatic heterocycles. The molecule has 0 bridgehead atoms. The Morgan fingerprint density at radius 3 is 2.70 bits per heavy atom. The van der Waals surface area contributed by atoms with Crippen LogP contribution in [0.3, 0.4) is 0 Å².